The van der Waals surface area contributed by atoms with Gasteiger partial charge in [-0.25, -0.2) is 4.98 Å². The number of furan rings is 1. The fraction of sp³-hybridized carbons (Fsp3) is 0.182. The number of aromatic nitrogens is 2. The average molecular weight is 404 g/mol. The normalized spacial score (nSPS) is 10.9. The minimum absolute atomic E-state index is 0.0967. The largest absolute Gasteiger partial charge is 0.463 e. The van der Waals surface area contributed by atoms with E-state index in [0.29, 0.717) is 45.9 Å². The van der Waals surface area contributed by atoms with Crippen molar-refractivity contribution in [3.63, 3.8) is 0 Å². The summed E-state index contributed by atoms with van der Waals surface area (Å²) in [6, 6.07) is 10.5. The molecule has 0 saturated heterocycles. The lowest BCUT2D eigenvalue weighted by atomic mass is 10.1. The van der Waals surface area contributed by atoms with Gasteiger partial charge in [-0.05, 0) is 49.7 Å². The van der Waals surface area contributed by atoms with Crippen molar-refractivity contribution in [2.75, 3.05) is 10.6 Å². The minimum atomic E-state index is -0.344. The van der Waals surface area contributed by atoms with Crippen molar-refractivity contribution in [3.05, 3.63) is 59.5 Å². The van der Waals surface area contributed by atoms with Crippen molar-refractivity contribution in [1.29, 1.82) is 0 Å². The third-order valence-corrected chi connectivity index (χ3v) is 4.81. The zero-order valence-electron chi connectivity index (χ0n) is 16.8. The maximum Gasteiger partial charge on any atom is 0.259 e. The average Bonchev–Trinajstić information content (AvgIpc) is 3.40. The number of rotatable bonds is 5. The molecule has 2 N–H and O–H groups in total. The van der Waals surface area contributed by atoms with E-state index in [9.17, 15) is 9.59 Å². The molecular weight excluding hydrogens is 384 g/mol. The molecule has 152 valence electrons. The summed E-state index contributed by atoms with van der Waals surface area (Å²) in [5.74, 6) is 0.0737. The molecule has 8 heteroatoms. The lowest BCUT2D eigenvalue weighted by molar-refractivity contribution is -0.115. The zero-order valence-corrected chi connectivity index (χ0v) is 16.8. The first-order valence-electron chi connectivity index (χ1n) is 9.49. The first kappa shape index (κ1) is 19.4. The van der Waals surface area contributed by atoms with Gasteiger partial charge in [0, 0.05) is 17.8 Å². The minimum Gasteiger partial charge on any atom is -0.463 e. The van der Waals surface area contributed by atoms with Gasteiger partial charge in [0.2, 0.25) is 5.91 Å². The molecule has 4 rings (SSSR count). The molecule has 0 fully saturated rings. The number of fused-ring (bicyclic) bond motifs is 1. The topological polar surface area (TPSA) is 110 Å². The Bertz CT molecular complexity index is 1240. The molecule has 0 aliphatic rings. The number of hydrogen-bond acceptors (Lipinski definition) is 6. The van der Waals surface area contributed by atoms with E-state index in [0.717, 1.165) is 5.56 Å². The molecule has 0 unspecified atom stereocenters. The summed E-state index contributed by atoms with van der Waals surface area (Å²) in [6.45, 7) is 5.37. The molecule has 0 spiro atoms. The Kier molecular flexibility index (Phi) is 5.05. The Hall–Kier alpha value is -3.94. The van der Waals surface area contributed by atoms with E-state index in [2.05, 4.69) is 20.8 Å². The van der Waals surface area contributed by atoms with Crippen LogP contribution in [-0.2, 0) is 4.79 Å². The van der Waals surface area contributed by atoms with Gasteiger partial charge in [-0.3, -0.25) is 9.59 Å². The summed E-state index contributed by atoms with van der Waals surface area (Å²) >= 11 is 0. The summed E-state index contributed by atoms with van der Waals surface area (Å²) in [5.41, 5.74) is 3.65. The van der Waals surface area contributed by atoms with Crippen molar-refractivity contribution in [3.8, 4) is 11.5 Å². The van der Waals surface area contributed by atoms with Crippen LogP contribution < -0.4 is 10.6 Å². The molecule has 0 aliphatic carbocycles. The van der Waals surface area contributed by atoms with Crippen molar-refractivity contribution in [1.82, 2.24) is 10.1 Å². The van der Waals surface area contributed by atoms with Crippen LogP contribution in [0.15, 0.2) is 51.6 Å². The van der Waals surface area contributed by atoms with Gasteiger partial charge >= 0.3 is 0 Å². The molecule has 30 heavy (non-hydrogen) atoms. The summed E-state index contributed by atoms with van der Waals surface area (Å²) in [7, 11) is 0. The molecule has 3 heterocycles. The monoisotopic (exact) mass is 404 g/mol. The second-order valence-electron chi connectivity index (χ2n) is 6.81. The number of nitrogens with zero attached hydrogens (tertiary/aromatic N) is 2. The van der Waals surface area contributed by atoms with E-state index in [4.69, 9.17) is 8.94 Å². The number of amides is 2. The second-order valence-corrected chi connectivity index (χ2v) is 6.81. The van der Waals surface area contributed by atoms with Gasteiger partial charge in [-0.15, -0.1) is 0 Å². The van der Waals surface area contributed by atoms with Gasteiger partial charge in [0.15, 0.2) is 5.76 Å². The SMILES string of the molecule is CCC(=O)Nc1cccc(NC(=O)c2cc(-c3ccco3)nc3onc(C)c23)c1C. The highest BCUT2D eigenvalue weighted by Gasteiger charge is 2.21. The molecule has 0 radical (unpaired) electrons. The quantitative estimate of drug-likeness (QED) is 0.499. The highest BCUT2D eigenvalue weighted by molar-refractivity contribution is 6.13. The molecule has 3 aromatic heterocycles. The van der Waals surface area contributed by atoms with Crippen LogP contribution in [0.3, 0.4) is 0 Å². The molecular formula is C22H20N4O4. The maximum absolute atomic E-state index is 13.2. The summed E-state index contributed by atoms with van der Waals surface area (Å²) in [4.78, 5) is 29.4. The summed E-state index contributed by atoms with van der Waals surface area (Å²) in [6.07, 6.45) is 1.90. The molecule has 0 aliphatic heterocycles. The van der Waals surface area contributed by atoms with Crippen LogP contribution in [0.5, 0.6) is 0 Å². The highest BCUT2D eigenvalue weighted by Crippen LogP contribution is 2.29. The third kappa shape index (κ3) is 3.55. The van der Waals surface area contributed by atoms with E-state index < -0.39 is 0 Å². The Morgan fingerprint density at radius 1 is 1.07 bits per heavy atom. The fourth-order valence-electron chi connectivity index (χ4n) is 3.16. The number of carbonyl (C=O) groups excluding carboxylic acids is 2. The number of anilines is 2. The van der Waals surface area contributed by atoms with Gasteiger partial charge in [-0.1, -0.05) is 18.1 Å². The van der Waals surface area contributed by atoms with Crippen molar-refractivity contribution < 1.29 is 18.5 Å². The van der Waals surface area contributed by atoms with Gasteiger partial charge < -0.3 is 19.6 Å². The third-order valence-electron chi connectivity index (χ3n) is 4.81. The Morgan fingerprint density at radius 3 is 2.53 bits per heavy atom. The Balaban J connectivity index is 1.73. The number of nitrogens with one attached hydrogen (secondary N) is 2. The standard InChI is InChI=1S/C22H20N4O4/c1-4-19(27)23-15-7-5-8-16(12(15)2)24-21(28)14-11-17(18-9-6-10-29-18)25-22-20(14)13(3)26-30-22/h5-11H,4H2,1-3H3,(H,23,27)(H,24,28). The fourth-order valence-corrected chi connectivity index (χ4v) is 3.16. The number of aryl methyl sites for hydroxylation is 1. The van der Waals surface area contributed by atoms with E-state index in [1.165, 1.54) is 6.26 Å². The molecule has 1 aromatic carbocycles. The van der Waals surface area contributed by atoms with Crippen LogP contribution in [0.2, 0.25) is 0 Å². The van der Waals surface area contributed by atoms with Crippen molar-refractivity contribution in [2.45, 2.75) is 27.2 Å². The van der Waals surface area contributed by atoms with Crippen LogP contribution in [-0.4, -0.2) is 22.0 Å². The van der Waals surface area contributed by atoms with Crippen LogP contribution in [0.1, 0.15) is 35.0 Å². The van der Waals surface area contributed by atoms with Crippen molar-refractivity contribution >= 4 is 34.3 Å². The number of pyridine rings is 1. The maximum atomic E-state index is 13.2. The number of benzene rings is 1. The highest BCUT2D eigenvalue weighted by atomic mass is 16.5. The number of hydrogen-bond donors (Lipinski definition) is 2. The summed E-state index contributed by atoms with van der Waals surface area (Å²) < 4.78 is 10.7. The molecule has 0 saturated carbocycles. The number of carbonyl (C=O) groups is 2. The van der Waals surface area contributed by atoms with E-state index >= 15 is 0 Å². The van der Waals surface area contributed by atoms with Crippen LogP contribution in [0.25, 0.3) is 22.6 Å². The predicted octanol–water partition coefficient (Wildman–Crippen LogP) is 4.70. The predicted molar refractivity (Wildman–Crippen MR) is 112 cm³/mol. The van der Waals surface area contributed by atoms with E-state index in [1.807, 2.05) is 6.92 Å². The van der Waals surface area contributed by atoms with Crippen LogP contribution >= 0.6 is 0 Å². The van der Waals surface area contributed by atoms with Crippen LogP contribution in [0, 0.1) is 13.8 Å². The van der Waals surface area contributed by atoms with Gasteiger partial charge in [0.1, 0.15) is 5.69 Å². The molecule has 8 nitrogen and oxygen atoms in total. The first-order chi connectivity index (χ1) is 14.5. The smallest absolute Gasteiger partial charge is 0.259 e. The molecule has 0 atom stereocenters. The molecule has 4 aromatic rings. The zero-order chi connectivity index (χ0) is 21.3. The van der Waals surface area contributed by atoms with E-state index in [1.54, 1.807) is 50.2 Å². The molecule has 0 bridgehead atoms. The lowest BCUT2D eigenvalue weighted by Crippen LogP contribution is -2.15. The molecule has 2 amide bonds. The van der Waals surface area contributed by atoms with Crippen molar-refractivity contribution in [2.24, 2.45) is 0 Å². The summed E-state index contributed by atoms with van der Waals surface area (Å²) in [5, 5.41) is 10.2. The lowest BCUT2D eigenvalue weighted by Gasteiger charge is -2.14. The Labute approximate surface area is 172 Å². The van der Waals surface area contributed by atoms with E-state index in [-0.39, 0.29) is 17.5 Å². The Morgan fingerprint density at radius 2 is 1.83 bits per heavy atom. The van der Waals surface area contributed by atoms with Gasteiger partial charge in [0.05, 0.1) is 22.9 Å². The first-order valence-corrected chi connectivity index (χ1v) is 9.49. The van der Waals surface area contributed by atoms with Gasteiger partial charge in [-0.2, -0.15) is 0 Å². The van der Waals surface area contributed by atoms with Crippen LogP contribution in [0.4, 0.5) is 11.4 Å². The second kappa shape index (κ2) is 7.82. The van der Waals surface area contributed by atoms with Gasteiger partial charge in [0.25, 0.3) is 11.6 Å².